The molecule has 0 amide bonds. The van der Waals surface area contributed by atoms with Crippen molar-refractivity contribution in [3.8, 4) is 5.75 Å². The van der Waals surface area contributed by atoms with Crippen molar-refractivity contribution < 1.29 is 14.6 Å². The van der Waals surface area contributed by atoms with Crippen molar-refractivity contribution in [2.45, 2.75) is 20.8 Å². The fraction of sp³-hybridized carbons (Fsp3) is 0.250. The van der Waals surface area contributed by atoms with Crippen molar-refractivity contribution in [3.63, 3.8) is 0 Å². The van der Waals surface area contributed by atoms with Gasteiger partial charge >= 0.3 is 5.97 Å². The molecule has 0 saturated carbocycles. The van der Waals surface area contributed by atoms with Gasteiger partial charge in [0.1, 0.15) is 10.8 Å². The highest BCUT2D eigenvalue weighted by Gasteiger charge is 2.20. The number of hydrogen-bond donors (Lipinski definition) is 1. The molecule has 4 nitrogen and oxygen atoms in total. The molecule has 23 heavy (non-hydrogen) atoms. The highest BCUT2D eigenvalue weighted by molar-refractivity contribution is 9.10. The predicted octanol–water partition coefficient (Wildman–Crippen LogP) is 5.41. The molecule has 1 N–H and O–H groups in total. The van der Waals surface area contributed by atoms with Gasteiger partial charge in [0.05, 0.1) is 17.2 Å². The summed E-state index contributed by atoms with van der Waals surface area (Å²) in [4.78, 5) is 17.5. The van der Waals surface area contributed by atoms with Crippen LogP contribution in [0.25, 0.3) is 0 Å². The minimum atomic E-state index is -0.391. The minimum Gasteiger partial charge on any atom is -0.506 e. The molecule has 0 fully saturated rings. The smallest absolute Gasteiger partial charge is 0.341 e. The van der Waals surface area contributed by atoms with Crippen LogP contribution in [0, 0.1) is 13.8 Å². The number of ether oxygens (including phenoxy) is 1. The van der Waals surface area contributed by atoms with Gasteiger partial charge in [-0.15, -0.1) is 11.3 Å². The number of phenols is 1. The Kier molecular flexibility index (Phi) is 5.84. The predicted molar refractivity (Wildman–Crippen MR) is 97.8 cm³/mol. The number of carbonyl (C=O) groups excluding carboxylic acids is 1. The molecule has 0 atom stereocenters. The SMILES string of the molecule is CCOC(=O)c1c(N=Cc2cc(Br)cc(Cl)c2O)sc(C)c1C. The van der Waals surface area contributed by atoms with Crippen LogP contribution in [0.1, 0.15) is 33.3 Å². The van der Waals surface area contributed by atoms with E-state index in [-0.39, 0.29) is 10.8 Å². The molecular weight excluding hydrogens is 402 g/mol. The normalized spacial score (nSPS) is 11.2. The van der Waals surface area contributed by atoms with E-state index < -0.39 is 5.97 Å². The number of aryl methyl sites for hydroxylation is 1. The summed E-state index contributed by atoms with van der Waals surface area (Å²) in [6, 6.07) is 3.29. The molecule has 0 spiro atoms. The quantitative estimate of drug-likeness (QED) is 0.535. The molecular formula is C16H15BrClNO3S. The van der Waals surface area contributed by atoms with E-state index in [1.165, 1.54) is 17.6 Å². The highest BCUT2D eigenvalue weighted by atomic mass is 79.9. The van der Waals surface area contributed by atoms with Crippen LogP contribution in [-0.2, 0) is 4.74 Å². The zero-order valence-corrected chi connectivity index (χ0v) is 16.0. The van der Waals surface area contributed by atoms with Crippen LogP contribution in [0.2, 0.25) is 5.02 Å². The first-order valence-corrected chi connectivity index (χ1v) is 8.83. The van der Waals surface area contributed by atoms with Crippen molar-refractivity contribution in [2.24, 2.45) is 4.99 Å². The lowest BCUT2D eigenvalue weighted by molar-refractivity contribution is 0.0527. The molecule has 0 aliphatic carbocycles. The molecule has 0 radical (unpaired) electrons. The topological polar surface area (TPSA) is 58.9 Å². The number of rotatable bonds is 4. The Bertz CT molecular complexity index is 786. The van der Waals surface area contributed by atoms with E-state index in [0.717, 1.165) is 14.9 Å². The summed E-state index contributed by atoms with van der Waals surface area (Å²) in [5, 5.41) is 10.8. The van der Waals surface area contributed by atoms with E-state index in [1.54, 1.807) is 19.1 Å². The van der Waals surface area contributed by atoms with Gasteiger partial charge in [-0.2, -0.15) is 0 Å². The monoisotopic (exact) mass is 415 g/mol. The van der Waals surface area contributed by atoms with Crippen LogP contribution in [0.5, 0.6) is 5.75 Å². The maximum Gasteiger partial charge on any atom is 0.341 e. The molecule has 0 saturated heterocycles. The number of esters is 1. The highest BCUT2D eigenvalue weighted by Crippen LogP contribution is 2.36. The maximum atomic E-state index is 12.1. The molecule has 1 aromatic carbocycles. The van der Waals surface area contributed by atoms with E-state index >= 15 is 0 Å². The average Bonchev–Trinajstić information content (AvgIpc) is 2.76. The number of phenolic OH excluding ortho intramolecular Hbond substituents is 1. The fourth-order valence-electron chi connectivity index (χ4n) is 1.96. The maximum absolute atomic E-state index is 12.1. The lowest BCUT2D eigenvalue weighted by Crippen LogP contribution is -2.05. The first-order chi connectivity index (χ1) is 10.8. The minimum absolute atomic E-state index is 0.0544. The number of hydrogen-bond acceptors (Lipinski definition) is 5. The first kappa shape index (κ1) is 18.0. The lowest BCUT2D eigenvalue weighted by atomic mass is 10.1. The molecule has 1 heterocycles. The van der Waals surface area contributed by atoms with Crippen molar-refractivity contribution in [3.05, 3.63) is 43.2 Å². The number of halogens is 2. The molecule has 0 bridgehead atoms. The fourth-order valence-corrected chi connectivity index (χ4v) is 3.78. The second-order valence-electron chi connectivity index (χ2n) is 4.77. The molecule has 2 rings (SSSR count). The summed E-state index contributed by atoms with van der Waals surface area (Å²) in [7, 11) is 0. The molecule has 2 aromatic rings. The van der Waals surface area contributed by atoms with Crippen LogP contribution >= 0.6 is 38.9 Å². The third kappa shape index (κ3) is 3.94. The third-order valence-corrected chi connectivity index (χ3v) is 5.09. The average molecular weight is 417 g/mol. The van der Waals surface area contributed by atoms with Gasteiger partial charge in [0.2, 0.25) is 0 Å². The Labute approximate surface area is 151 Å². The molecule has 0 unspecified atom stereocenters. The van der Waals surface area contributed by atoms with E-state index in [9.17, 15) is 9.90 Å². The van der Waals surface area contributed by atoms with Crippen molar-refractivity contribution in [2.75, 3.05) is 6.61 Å². The van der Waals surface area contributed by atoms with Gasteiger partial charge in [-0.3, -0.25) is 0 Å². The van der Waals surface area contributed by atoms with Crippen LogP contribution in [0.4, 0.5) is 5.00 Å². The molecule has 0 aliphatic heterocycles. The number of aromatic hydroxyl groups is 1. The Morgan fingerprint density at radius 2 is 2.17 bits per heavy atom. The number of thiophene rings is 1. The summed E-state index contributed by atoms with van der Waals surface area (Å²) in [5.74, 6) is -0.445. The van der Waals surface area contributed by atoms with E-state index in [2.05, 4.69) is 20.9 Å². The number of carbonyl (C=O) groups is 1. The molecule has 122 valence electrons. The lowest BCUT2D eigenvalue weighted by Gasteiger charge is -2.04. The molecule has 1 aromatic heterocycles. The van der Waals surface area contributed by atoms with Crippen molar-refractivity contribution in [1.29, 1.82) is 0 Å². The Morgan fingerprint density at radius 1 is 1.48 bits per heavy atom. The molecule has 7 heteroatoms. The third-order valence-electron chi connectivity index (χ3n) is 3.22. The van der Waals surface area contributed by atoms with E-state index in [4.69, 9.17) is 16.3 Å². The number of aliphatic imine (C=N–C) groups is 1. The van der Waals surface area contributed by atoms with Gasteiger partial charge < -0.3 is 9.84 Å². The second kappa shape index (κ2) is 7.47. The van der Waals surface area contributed by atoms with E-state index in [1.807, 2.05) is 13.8 Å². The number of benzene rings is 1. The number of nitrogens with zero attached hydrogens (tertiary/aromatic N) is 1. The summed E-state index contributed by atoms with van der Waals surface area (Å²) in [6.45, 7) is 5.86. The molecule has 0 aliphatic rings. The second-order valence-corrected chi connectivity index (χ2v) is 7.29. The van der Waals surface area contributed by atoms with Crippen molar-refractivity contribution in [1.82, 2.24) is 0 Å². The Morgan fingerprint density at radius 3 is 2.83 bits per heavy atom. The van der Waals surface area contributed by atoms with Gasteiger partial charge in [-0.25, -0.2) is 9.79 Å². The van der Waals surface area contributed by atoms with Gasteiger partial charge in [0.25, 0.3) is 0 Å². The summed E-state index contributed by atoms with van der Waals surface area (Å²) < 4.78 is 5.82. The van der Waals surface area contributed by atoms with Gasteiger partial charge in [0.15, 0.2) is 0 Å². The van der Waals surface area contributed by atoms with Gasteiger partial charge in [-0.05, 0) is 38.5 Å². The van der Waals surface area contributed by atoms with Crippen LogP contribution in [0.15, 0.2) is 21.6 Å². The van der Waals surface area contributed by atoms with Crippen molar-refractivity contribution >= 4 is 56.1 Å². The van der Waals surface area contributed by atoms with Gasteiger partial charge in [-0.1, -0.05) is 27.5 Å². The summed E-state index contributed by atoms with van der Waals surface area (Å²) >= 11 is 10.7. The summed E-state index contributed by atoms with van der Waals surface area (Å²) in [5.41, 5.74) is 1.78. The summed E-state index contributed by atoms with van der Waals surface area (Å²) in [6.07, 6.45) is 1.49. The first-order valence-electron chi connectivity index (χ1n) is 6.84. The van der Waals surface area contributed by atoms with Crippen LogP contribution in [0.3, 0.4) is 0 Å². The zero-order valence-electron chi connectivity index (χ0n) is 12.8. The van der Waals surface area contributed by atoms with Crippen LogP contribution < -0.4 is 0 Å². The van der Waals surface area contributed by atoms with Crippen LogP contribution in [-0.4, -0.2) is 23.9 Å². The Balaban J connectivity index is 2.45. The van der Waals surface area contributed by atoms with E-state index in [0.29, 0.717) is 22.7 Å². The van der Waals surface area contributed by atoms with Gasteiger partial charge in [0, 0.05) is 21.1 Å². The zero-order chi connectivity index (χ0) is 17.1. The standard InChI is InChI=1S/C16H15BrClNO3S/c1-4-22-16(21)13-8(2)9(3)23-15(13)19-7-10-5-11(17)6-12(18)14(10)20/h5-7,20H,4H2,1-3H3. The largest absolute Gasteiger partial charge is 0.506 e. The Hall–Kier alpha value is -1.37.